The molecule has 3 rings (SSSR count). The van der Waals surface area contributed by atoms with Crippen LogP contribution in [0.1, 0.15) is 38.0 Å². The Hall–Kier alpha value is -4.00. The van der Waals surface area contributed by atoms with E-state index < -0.39 is 5.97 Å². The first kappa shape index (κ1) is 19.8. The van der Waals surface area contributed by atoms with E-state index in [1.54, 1.807) is 60.7 Å². The van der Waals surface area contributed by atoms with Crippen LogP contribution >= 0.6 is 0 Å². The van der Waals surface area contributed by atoms with E-state index in [0.717, 1.165) is 5.69 Å². The standard InChI is InChI=1S/C22H19N3O4/c1-14(26)16-4-3-5-19(12-16)25-21(27)17-8-11-20(23-13-17)24-18-9-6-15(7-10-18)22(28)29-2/h3-13H,1-2H3,(H,23,24)(H,25,27). The average Bonchev–Trinajstić information content (AvgIpc) is 2.74. The molecule has 0 saturated heterocycles. The molecule has 0 fully saturated rings. The van der Waals surface area contributed by atoms with Gasteiger partial charge < -0.3 is 15.4 Å². The molecule has 3 aromatic rings. The summed E-state index contributed by atoms with van der Waals surface area (Å²) < 4.78 is 4.66. The van der Waals surface area contributed by atoms with Crippen LogP contribution in [0, 0.1) is 0 Å². The molecule has 0 radical (unpaired) electrons. The summed E-state index contributed by atoms with van der Waals surface area (Å²) in [5, 5.41) is 5.84. The van der Waals surface area contributed by atoms with E-state index in [2.05, 4.69) is 20.4 Å². The van der Waals surface area contributed by atoms with Gasteiger partial charge in [0.05, 0.1) is 18.2 Å². The number of aromatic nitrogens is 1. The third-order valence-electron chi connectivity index (χ3n) is 4.13. The van der Waals surface area contributed by atoms with Gasteiger partial charge in [0, 0.05) is 23.1 Å². The van der Waals surface area contributed by atoms with Crippen LogP contribution in [0.3, 0.4) is 0 Å². The van der Waals surface area contributed by atoms with Gasteiger partial charge in [-0.1, -0.05) is 12.1 Å². The molecule has 7 nitrogen and oxygen atoms in total. The molecular weight excluding hydrogens is 370 g/mol. The van der Waals surface area contributed by atoms with E-state index >= 15 is 0 Å². The van der Waals surface area contributed by atoms with Crippen LogP contribution in [0.5, 0.6) is 0 Å². The van der Waals surface area contributed by atoms with Gasteiger partial charge in [-0.15, -0.1) is 0 Å². The fourth-order valence-electron chi connectivity index (χ4n) is 2.58. The molecule has 0 atom stereocenters. The molecule has 2 aromatic carbocycles. The molecule has 1 amide bonds. The number of amides is 1. The number of pyridine rings is 1. The quantitative estimate of drug-likeness (QED) is 0.487. The number of carbonyl (C=O) groups is 3. The highest BCUT2D eigenvalue weighted by molar-refractivity contribution is 6.05. The summed E-state index contributed by atoms with van der Waals surface area (Å²) in [5.41, 5.74) is 2.63. The zero-order valence-electron chi connectivity index (χ0n) is 15.9. The van der Waals surface area contributed by atoms with Crippen molar-refractivity contribution in [1.29, 1.82) is 0 Å². The molecule has 0 unspecified atom stereocenters. The van der Waals surface area contributed by atoms with Crippen LogP contribution in [0.15, 0.2) is 66.9 Å². The number of rotatable bonds is 6. The average molecular weight is 389 g/mol. The highest BCUT2D eigenvalue weighted by Gasteiger charge is 2.09. The maximum atomic E-state index is 12.4. The van der Waals surface area contributed by atoms with Crippen LogP contribution in [0.25, 0.3) is 0 Å². The van der Waals surface area contributed by atoms with E-state index in [1.807, 2.05) is 0 Å². The normalized spacial score (nSPS) is 10.1. The lowest BCUT2D eigenvalue weighted by atomic mass is 10.1. The number of hydrogen-bond acceptors (Lipinski definition) is 6. The number of esters is 1. The van der Waals surface area contributed by atoms with Crippen LogP contribution in [-0.4, -0.2) is 29.8 Å². The second-order valence-electron chi connectivity index (χ2n) is 6.22. The molecule has 0 aliphatic carbocycles. The van der Waals surface area contributed by atoms with Crippen LogP contribution in [0.4, 0.5) is 17.2 Å². The van der Waals surface area contributed by atoms with E-state index in [9.17, 15) is 14.4 Å². The predicted molar refractivity (Wildman–Crippen MR) is 110 cm³/mol. The monoisotopic (exact) mass is 389 g/mol. The molecule has 1 heterocycles. The number of anilines is 3. The lowest BCUT2D eigenvalue weighted by Crippen LogP contribution is -2.12. The van der Waals surface area contributed by atoms with Crippen LogP contribution < -0.4 is 10.6 Å². The van der Waals surface area contributed by atoms with E-state index in [4.69, 9.17) is 0 Å². The van der Waals surface area contributed by atoms with E-state index in [-0.39, 0.29) is 11.7 Å². The molecule has 1 aromatic heterocycles. The number of ketones is 1. The minimum atomic E-state index is -0.404. The Bertz CT molecular complexity index is 1040. The molecule has 0 saturated carbocycles. The Morgan fingerprint density at radius 3 is 2.21 bits per heavy atom. The Balaban J connectivity index is 1.65. The van der Waals surface area contributed by atoms with Gasteiger partial charge in [-0.3, -0.25) is 9.59 Å². The van der Waals surface area contributed by atoms with Crippen molar-refractivity contribution in [1.82, 2.24) is 4.98 Å². The summed E-state index contributed by atoms with van der Waals surface area (Å²) in [6.45, 7) is 1.47. The summed E-state index contributed by atoms with van der Waals surface area (Å²) >= 11 is 0. The van der Waals surface area contributed by atoms with Crippen LogP contribution in [0.2, 0.25) is 0 Å². The fraction of sp³-hybridized carbons (Fsp3) is 0.0909. The van der Waals surface area contributed by atoms with Crippen LogP contribution in [-0.2, 0) is 4.74 Å². The molecular formula is C22H19N3O4. The van der Waals surface area contributed by atoms with Gasteiger partial charge in [-0.25, -0.2) is 9.78 Å². The first-order valence-electron chi connectivity index (χ1n) is 8.80. The second kappa shape index (κ2) is 8.79. The van der Waals surface area contributed by atoms with Gasteiger partial charge in [0.15, 0.2) is 5.78 Å². The molecule has 0 aliphatic rings. The molecule has 2 N–H and O–H groups in total. The number of Topliss-reactive ketones (excluding diaryl/α,β-unsaturated/α-hetero) is 1. The van der Waals surface area contributed by atoms with Gasteiger partial charge in [0.1, 0.15) is 5.82 Å². The number of methoxy groups -OCH3 is 1. The Morgan fingerprint density at radius 1 is 0.862 bits per heavy atom. The number of carbonyl (C=O) groups excluding carboxylic acids is 3. The Morgan fingerprint density at radius 2 is 1.59 bits per heavy atom. The van der Waals surface area contributed by atoms with Crippen molar-refractivity contribution in [2.75, 3.05) is 17.7 Å². The van der Waals surface area contributed by atoms with Crippen molar-refractivity contribution in [3.63, 3.8) is 0 Å². The van der Waals surface area contributed by atoms with Crippen molar-refractivity contribution in [3.8, 4) is 0 Å². The summed E-state index contributed by atoms with van der Waals surface area (Å²) in [6.07, 6.45) is 1.45. The lowest BCUT2D eigenvalue weighted by Gasteiger charge is -2.08. The van der Waals surface area contributed by atoms with E-state index in [1.165, 1.54) is 20.2 Å². The smallest absolute Gasteiger partial charge is 0.337 e. The Labute approximate surface area is 167 Å². The molecule has 29 heavy (non-hydrogen) atoms. The summed E-state index contributed by atoms with van der Waals surface area (Å²) in [5.74, 6) is -0.255. The molecule has 0 bridgehead atoms. The third-order valence-corrected chi connectivity index (χ3v) is 4.13. The number of nitrogens with one attached hydrogen (secondary N) is 2. The predicted octanol–water partition coefficient (Wildman–Crippen LogP) is 4.07. The minimum absolute atomic E-state index is 0.0715. The highest BCUT2D eigenvalue weighted by Crippen LogP contribution is 2.17. The first-order valence-corrected chi connectivity index (χ1v) is 8.80. The zero-order valence-corrected chi connectivity index (χ0v) is 15.9. The highest BCUT2D eigenvalue weighted by atomic mass is 16.5. The van der Waals surface area contributed by atoms with Gasteiger partial charge >= 0.3 is 5.97 Å². The lowest BCUT2D eigenvalue weighted by molar-refractivity contribution is 0.0600. The number of benzene rings is 2. The number of hydrogen-bond donors (Lipinski definition) is 2. The fourth-order valence-corrected chi connectivity index (χ4v) is 2.58. The summed E-state index contributed by atoms with van der Waals surface area (Å²) in [4.78, 5) is 39.5. The third kappa shape index (κ3) is 5.04. The first-order chi connectivity index (χ1) is 14.0. The number of nitrogens with zero attached hydrogens (tertiary/aromatic N) is 1. The van der Waals surface area contributed by atoms with Crippen molar-refractivity contribution >= 4 is 34.9 Å². The molecule has 0 aliphatic heterocycles. The molecule has 0 spiro atoms. The number of ether oxygens (including phenoxy) is 1. The van der Waals surface area contributed by atoms with Gasteiger partial charge in [0.2, 0.25) is 0 Å². The maximum absolute atomic E-state index is 12.4. The van der Waals surface area contributed by atoms with Crippen molar-refractivity contribution < 1.29 is 19.1 Å². The van der Waals surface area contributed by atoms with Crippen molar-refractivity contribution in [3.05, 3.63) is 83.6 Å². The zero-order chi connectivity index (χ0) is 20.8. The Kier molecular flexibility index (Phi) is 5.99. The SMILES string of the molecule is COC(=O)c1ccc(Nc2ccc(C(=O)Nc3cccc(C(C)=O)c3)cn2)cc1. The van der Waals surface area contributed by atoms with Crippen molar-refractivity contribution in [2.24, 2.45) is 0 Å². The summed E-state index contributed by atoms with van der Waals surface area (Å²) in [7, 11) is 1.33. The maximum Gasteiger partial charge on any atom is 0.337 e. The molecule has 146 valence electrons. The van der Waals surface area contributed by atoms with Gasteiger partial charge in [0.25, 0.3) is 5.91 Å². The van der Waals surface area contributed by atoms with Crippen molar-refractivity contribution in [2.45, 2.75) is 6.92 Å². The minimum Gasteiger partial charge on any atom is -0.465 e. The topological polar surface area (TPSA) is 97.4 Å². The van der Waals surface area contributed by atoms with Gasteiger partial charge in [-0.05, 0) is 55.5 Å². The second-order valence-corrected chi connectivity index (χ2v) is 6.22. The largest absolute Gasteiger partial charge is 0.465 e. The summed E-state index contributed by atoms with van der Waals surface area (Å²) in [6, 6.07) is 16.8. The molecule has 7 heteroatoms. The van der Waals surface area contributed by atoms with E-state index in [0.29, 0.717) is 28.2 Å². The van der Waals surface area contributed by atoms with Gasteiger partial charge in [-0.2, -0.15) is 0 Å².